The second kappa shape index (κ2) is 6.02. The molecular weight excluding hydrogens is 264 g/mol. The summed E-state index contributed by atoms with van der Waals surface area (Å²) >= 11 is 0. The summed E-state index contributed by atoms with van der Waals surface area (Å²) in [5.41, 5.74) is 0.666. The van der Waals surface area contributed by atoms with Crippen LogP contribution in [0.3, 0.4) is 0 Å². The number of aromatic nitrogens is 2. The molecule has 3 N–H and O–H groups in total. The quantitative estimate of drug-likeness (QED) is 0.753. The molecule has 0 spiro atoms. The standard InChI is InChI=1S/C12H22N4O2S/c1-9-3-5-11(6-4-9)16-19(17,18)12-10(7-13-2)8-14-15-12/h8-9,11,13,16H,3-7H2,1-2H3,(H,14,15). The van der Waals surface area contributed by atoms with Gasteiger partial charge in [-0.1, -0.05) is 6.92 Å². The summed E-state index contributed by atoms with van der Waals surface area (Å²) in [7, 11) is -1.72. The second-order valence-electron chi connectivity index (χ2n) is 5.33. The van der Waals surface area contributed by atoms with Crippen LogP contribution in [0.1, 0.15) is 38.2 Å². The van der Waals surface area contributed by atoms with Gasteiger partial charge in [0.05, 0.1) is 6.20 Å². The first kappa shape index (κ1) is 14.5. The molecule has 0 aliphatic heterocycles. The zero-order chi connectivity index (χ0) is 13.9. The molecule has 0 radical (unpaired) electrons. The molecule has 0 aromatic carbocycles. The Morgan fingerprint density at radius 3 is 2.68 bits per heavy atom. The predicted octanol–water partition coefficient (Wildman–Crippen LogP) is 0.986. The van der Waals surface area contributed by atoms with Gasteiger partial charge in [0.2, 0.25) is 0 Å². The van der Waals surface area contributed by atoms with E-state index in [0.717, 1.165) is 25.7 Å². The van der Waals surface area contributed by atoms with Crippen molar-refractivity contribution in [2.75, 3.05) is 7.05 Å². The Hall–Kier alpha value is -0.920. The Kier molecular flexibility index (Phi) is 4.59. The highest BCUT2D eigenvalue weighted by Crippen LogP contribution is 2.24. The third-order valence-electron chi connectivity index (χ3n) is 3.65. The molecule has 1 aromatic heterocycles. The molecule has 2 rings (SSSR count). The lowest BCUT2D eigenvalue weighted by atomic mass is 9.88. The summed E-state index contributed by atoms with van der Waals surface area (Å²) in [5, 5.41) is 9.54. The number of nitrogens with one attached hydrogen (secondary N) is 3. The largest absolute Gasteiger partial charge is 0.316 e. The third-order valence-corrected chi connectivity index (χ3v) is 5.19. The van der Waals surface area contributed by atoms with Crippen LogP contribution in [-0.2, 0) is 16.6 Å². The van der Waals surface area contributed by atoms with Crippen LogP contribution >= 0.6 is 0 Å². The van der Waals surface area contributed by atoms with Gasteiger partial charge in [-0.2, -0.15) is 5.10 Å². The first-order chi connectivity index (χ1) is 9.03. The lowest BCUT2D eigenvalue weighted by Crippen LogP contribution is -2.38. The van der Waals surface area contributed by atoms with Gasteiger partial charge in [0.15, 0.2) is 5.03 Å². The van der Waals surface area contributed by atoms with Crippen LogP contribution in [0.2, 0.25) is 0 Å². The third kappa shape index (κ3) is 3.55. The highest BCUT2D eigenvalue weighted by Gasteiger charge is 2.26. The first-order valence-corrected chi connectivity index (χ1v) is 8.20. The van der Waals surface area contributed by atoms with E-state index in [2.05, 4.69) is 27.2 Å². The number of rotatable bonds is 5. The van der Waals surface area contributed by atoms with E-state index < -0.39 is 10.0 Å². The Morgan fingerprint density at radius 2 is 2.05 bits per heavy atom. The predicted molar refractivity (Wildman–Crippen MR) is 73.1 cm³/mol. The summed E-state index contributed by atoms with van der Waals surface area (Å²) in [6.45, 7) is 2.69. The van der Waals surface area contributed by atoms with Crippen LogP contribution in [0.5, 0.6) is 0 Å². The van der Waals surface area contributed by atoms with E-state index in [1.807, 2.05) is 0 Å². The van der Waals surface area contributed by atoms with Gasteiger partial charge >= 0.3 is 0 Å². The van der Waals surface area contributed by atoms with Gasteiger partial charge in [0.25, 0.3) is 10.0 Å². The van der Waals surface area contributed by atoms with Crippen molar-refractivity contribution in [3.63, 3.8) is 0 Å². The van der Waals surface area contributed by atoms with Gasteiger partial charge in [-0.05, 0) is 38.6 Å². The number of hydrogen-bond acceptors (Lipinski definition) is 4. The molecule has 1 heterocycles. The SMILES string of the molecule is CNCc1cn[nH]c1S(=O)(=O)NC1CCC(C)CC1. The topological polar surface area (TPSA) is 86.9 Å². The van der Waals surface area contributed by atoms with Gasteiger partial charge in [-0.15, -0.1) is 0 Å². The minimum atomic E-state index is -3.49. The summed E-state index contributed by atoms with van der Waals surface area (Å²) in [6, 6.07) is 0.0481. The van der Waals surface area contributed by atoms with E-state index in [1.54, 1.807) is 13.2 Å². The molecule has 0 bridgehead atoms. The van der Waals surface area contributed by atoms with Crippen LogP contribution in [0, 0.1) is 5.92 Å². The maximum Gasteiger partial charge on any atom is 0.258 e. The van der Waals surface area contributed by atoms with Gasteiger partial charge in [-0.25, -0.2) is 13.1 Å². The van der Waals surface area contributed by atoms with E-state index in [9.17, 15) is 8.42 Å². The van der Waals surface area contributed by atoms with Gasteiger partial charge in [-0.3, -0.25) is 5.10 Å². The molecule has 7 heteroatoms. The van der Waals surface area contributed by atoms with Crippen LogP contribution in [0.4, 0.5) is 0 Å². The molecule has 0 atom stereocenters. The first-order valence-electron chi connectivity index (χ1n) is 6.72. The Morgan fingerprint density at radius 1 is 1.37 bits per heavy atom. The summed E-state index contributed by atoms with van der Waals surface area (Å²) in [5.74, 6) is 0.702. The van der Waals surface area contributed by atoms with Crippen LogP contribution < -0.4 is 10.0 Å². The number of aromatic amines is 1. The van der Waals surface area contributed by atoms with Crippen molar-refractivity contribution in [1.29, 1.82) is 0 Å². The van der Waals surface area contributed by atoms with Crippen molar-refractivity contribution < 1.29 is 8.42 Å². The van der Waals surface area contributed by atoms with Crippen molar-refractivity contribution in [2.24, 2.45) is 5.92 Å². The highest BCUT2D eigenvalue weighted by molar-refractivity contribution is 7.89. The molecule has 1 fully saturated rings. The average Bonchev–Trinajstić information content (AvgIpc) is 2.81. The fourth-order valence-corrected chi connectivity index (χ4v) is 3.94. The maximum absolute atomic E-state index is 12.3. The van der Waals surface area contributed by atoms with E-state index in [4.69, 9.17) is 0 Å². The highest BCUT2D eigenvalue weighted by atomic mass is 32.2. The monoisotopic (exact) mass is 286 g/mol. The minimum Gasteiger partial charge on any atom is -0.316 e. The molecule has 1 saturated carbocycles. The molecular formula is C12H22N4O2S. The fourth-order valence-electron chi connectivity index (χ4n) is 2.50. The summed E-state index contributed by atoms with van der Waals surface area (Å²) < 4.78 is 27.4. The van der Waals surface area contributed by atoms with E-state index in [1.165, 1.54) is 0 Å². The van der Waals surface area contributed by atoms with Crippen molar-refractivity contribution in [2.45, 2.75) is 50.2 Å². The number of sulfonamides is 1. The van der Waals surface area contributed by atoms with Crippen molar-refractivity contribution >= 4 is 10.0 Å². The Balaban J connectivity index is 2.07. The smallest absolute Gasteiger partial charge is 0.258 e. The summed E-state index contributed by atoms with van der Waals surface area (Å²) in [6.07, 6.45) is 5.54. The minimum absolute atomic E-state index is 0.0481. The molecule has 1 aliphatic rings. The molecule has 0 saturated heterocycles. The van der Waals surface area contributed by atoms with Gasteiger partial charge in [0, 0.05) is 18.2 Å². The van der Waals surface area contributed by atoms with Crippen LogP contribution in [0.25, 0.3) is 0 Å². The zero-order valence-corrected chi connectivity index (χ0v) is 12.3. The maximum atomic E-state index is 12.3. The van der Waals surface area contributed by atoms with Gasteiger partial charge in [0.1, 0.15) is 0 Å². The Labute approximate surface area is 114 Å². The van der Waals surface area contributed by atoms with E-state index in [-0.39, 0.29) is 11.1 Å². The molecule has 1 aromatic rings. The molecule has 0 amide bonds. The molecule has 1 aliphatic carbocycles. The normalized spacial score (nSPS) is 24.5. The Bertz CT molecular complexity index is 504. The average molecular weight is 286 g/mol. The van der Waals surface area contributed by atoms with Crippen molar-refractivity contribution in [3.8, 4) is 0 Å². The molecule has 19 heavy (non-hydrogen) atoms. The number of H-pyrrole nitrogens is 1. The molecule has 0 unspecified atom stereocenters. The molecule has 108 valence electrons. The number of nitrogens with zero attached hydrogens (tertiary/aromatic N) is 1. The van der Waals surface area contributed by atoms with E-state index >= 15 is 0 Å². The zero-order valence-electron chi connectivity index (χ0n) is 11.4. The van der Waals surface area contributed by atoms with E-state index in [0.29, 0.717) is 18.0 Å². The fraction of sp³-hybridized carbons (Fsp3) is 0.750. The lowest BCUT2D eigenvalue weighted by molar-refractivity contribution is 0.332. The van der Waals surface area contributed by atoms with Crippen molar-refractivity contribution in [3.05, 3.63) is 11.8 Å². The lowest BCUT2D eigenvalue weighted by Gasteiger charge is -2.26. The van der Waals surface area contributed by atoms with Crippen LogP contribution in [-0.4, -0.2) is 31.7 Å². The van der Waals surface area contributed by atoms with Gasteiger partial charge < -0.3 is 5.32 Å². The number of hydrogen-bond donors (Lipinski definition) is 3. The molecule has 6 nitrogen and oxygen atoms in total. The summed E-state index contributed by atoms with van der Waals surface area (Å²) in [4.78, 5) is 0. The van der Waals surface area contributed by atoms with Crippen LogP contribution in [0.15, 0.2) is 11.2 Å². The second-order valence-corrected chi connectivity index (χ2v) is 6.98. The van der Waals surface area contributed by atoms with Crippen molar-refractivity contribution in [1.82, 2.24) is 20.2 Å².